The number of hydrogen-bond donors (Lipinski definition) is 0. The van der Waals surface area contributed by atoms with E-state index in [9.17, 15) is 5.48 Å². The van der Waals surface area contributed by atoms with Crippen molar-refractivity contribution in [3.63, 3.8) is 0 Å². The van der Waals surface area contributed by atoms with Crippen molar-refractivity contribution < 1.29 is 9.90 Å². The molecule has 1 aromatic heterocycles. The standard InChI is InChI=1S/C50H33NO/c1-2-12-34(13-3-1)36-24-28-41(29-25-36)51(42-30-26-37(27-31-42)39-23-22-35-14-4-5-15-38(35)32-39)47-20-10-8-18-44(47)46-33-40-16-6-7-17-43(40)50-49(46)45-19-9-11-21-48(45)52-50/h1-33H/i26D,27D,30D,31D. The summed E-state index contributed by atoms with van der Waals surface area (Å²) in [5.74, 6) is 0. The molecule has 0 radical (unpaired) electrons. The highest BCUT2D eigenvalue weighted by atomic mass is 16.3. The van der Waals surface area contributed by atoms with Gasteiger partial charge in [0.2, 0.25) is 0 Å². The Morgan fingerprint density at radius 1 is 0.404 bits per heavy atom. The average molecular weight is 668 g/mol. The van der Waals surface area contributed by atoms with Gasteiger partial charge in [0, 0.05) is 33.1 Å². The Kier molecular flexibility index (Phi) is 6.22. The summed E-state index contributed by atoms with van der Waals surface area (Å²) in [4.78, 5) is 1.89. The van der Waals surface area contributed by atoms with Gasteiger partial charge in [0.25, 0.3) is 0 Å². The van der Waals surface area contributed by atoms with Gasteiger partial charge in [0.1, 0.15) is 11.2 Å². The van der Waals surface area contributed by atoms with E-state index < -0.39 is 0 Å². The summed E-state index contributed by atoms with van der Waals surface area (Å²) >= 11 is 0. The molecule has 0 fully saturated rings. The van der Waals surface area contributed by atoms with Crippen molar-refractivity contribution in [2.75, 3.05) is 4.90 Å². The van der Waals surface area contributed by atoms with Gasteiger partial charge >= 0.3 is 0 Å². The van der Waals surface area contributed by atoms with Gasteiger partial charge in [-0.15, -0.1) is 0 Å². The van der Waals surface area contributed by atoms with E-state index in [-0.39, 0.29) is 35.4 Å². The molecule has 0 aliphatic rings. The Morgan fingerprint density at radius 3 is 1.87 bits per heavy atom. The summed E-state index contributed by atoms with van der Waals surface area (Å²) in [7, 11) is 0. The van der Waals surface area contributed by atoms with Gasteiger partial charge in [-0.25, -0.2) is 0 Å². The first-order chi connectivity index (χ1) is 27.5. The smallest absolute Gasteiger partial charge is 0.143 e. The molecule has 0 spiro atoms. The van der Waals surface area contributed by atoms with Crippen LogP contribution in [0.25, 0.3) is 76.9 Å². The zero-order valence-electron chi connectivity index (χ0n) is 32.1. The van der Waals surface area contributed by atoms with Gasteiger partial charge < -0.3 is 9.32 Å². The van der Waals surface area contributed by atoms with Crippen LogP contribution in [0.4, 0.5) is 17.1 Å². The topological polar surface area (TPSA) is 16.4 Å². The fourth-order valence-corrected chi connectivity index (χ4v) is 7.40. The first-order valence-electron chi connectivity index (χ1n) is 19.4. The Hall–Kier alpha value is -6.90. The highest BCUT2D eigenvalue weighted by Crippen LogP contribution is 2.47. The molecule has 2 nitrogen and oxygen atoms in total. The van der Waals surface area contributed by atoms with Gasteiger partial charge in [0.05, 0.1) is 11.2 Å². The van der Waals surface area contributed by atoms with Crippen LogP contribution in [-0.2, 0) is 0 Å². The molecule has 0 unspecified atom stereocenters. The number of para-hydroxylation sites is 2. The van der Waals surface area contributed by atoms with E-state index in [2.05, 4.69) is 42.5 Å². The number of anilines is 3. The molecule has 10 rings (SSSR count). The number of fused-ring (bicyclic) bond motifs is 6. The molecule has 0 atom stereocenters. The van der Waals surface area contributed by atoms with E-state index >= 15 is 0 Å². The average Bonchev–Trinajstić information content (AvgIpc) is 3.65. The molecular formula is C50H33NO. The van der Waals surface area contributed by atoms with Crippen LogP contribution in [0.2, 0.25) is 0 Å². The lowest BCUT2D eigenvalue weighted by atomic mass is 9.93. The number of nitrogens with zero attached hydrogens (tertiary/aromatic N) is 1. The Bertz CT molecular complexity index is 3110. The normalized spacial score (nSPS) is 12.5. The molecule has 244 valence electrons. The van der Waals surface area contributed by atoms with E-state index in [4.69, 9.17) is 4.42 Å². The van der Waals surface area contributed by atoms with E-state index in [0.29, 0.717) is 16.9 Å². The van der Waals surface area contributed by atoms with Crippen molar-refractivity contribution in [1.82, 2.24) is 0 Å². The summed E-state index contributed by atoms with van der Waals surface area (Å²) in [6.07, 6.45) is 0. The van der Waals surface area contributed by atoms with Crippen LogP contribution < -0.4 is 4.90 Å². The minimum Gasteiger partial charge on any atom is -0.455 e. The summed E-state index contributed by atoms with van der Waals surface area (Å²) < 4.78 is 44.7. The number of furan rings is 1. The lowest BCUT2D eigenvalue weighted by Crippen LogP contribution is -2.11. The maximum absolute atomic E-state index is 9.64. The van der Waals surface area contributed by atoms with Crippen molar-refractivity contribution in [3.05, 3.63) is 200 Å². The Balaban J connectivity index is 1.25. The van der Waals surface area contributed by atoms with Crippen LogP contribution in [0.3, 0.4) is 0 Å². The van der Waals surface area contributed by atoms with Crippen LogP contribution in [0.5, 0.6) is 0 Å². The second-order valence-electron chi connectivity index (χ2n) is 13.0. The molecule has 2 heteroatoms. The lowest BCUT2D eigenvalue weighted by molar-refractivity contribution is 0.673. The second kappa shape index (κ2) is 12.5. The zero-order valence-corrected chi connectivity index (χ0v) is 28.1. The van der Waals surface area contributed by atoms with Crippen LogP contribution in [0.1, 0.15) is 5.48 Å². The van der Waals surface area contributed by atoms with Crippen LogP contribution >= 0.6 is 0 Å². The van der Waals surface area contributed by atoms with Crippen molar-refractivity contribution in [1.29, 1.82) is 0 Å². The molecule has 9 aromatic carbocycles. The van der Waals surface area contributed by atoms with Crippen molar-refractivity contribution in [2.24, 2.45) is 0 Å². The van der Waals surface area contributed by atoms with E-state index in [1.54, 1.807) is 0 Å². The molecule has 0 saturated heterocycles. The fourth-order valence-electron chi connectivity index (χ4n) is 7.40. The molecule has 1 heterocycles. The highest BCUT2D eigenvalue weighted by molar-refractivity contribution is 6.22. The predicted octanol–water partition coefficient (Wildman–Crippen LogP) is 14.4. The van der Waals surface area contributed by atoms with Gasteiger partial charge in [-0.05, 0) is 92.5 Å². The second-order valence-corrected chi connectivity index (χ2v) is 13.0. The minimum absolute atomic E-state index is 0.103. The third-order valence-electron chi connectivity index (χ3n) is 9.91. The molecule has 52 heavy (non-hydrogen) atoms. The van der Waals surface area contributed by atoms with Crippen LogP contribution in [0, 0.1) is 0 Å². The molecule has 0 amide bonds. The van der Waals surface area contributed by atoms with Gasteiger partial charge in [-0.3, -0.25) is 0 Å². The molecule has 0 aliphatic carbocycles. The van der Waals surface area contributed by atoms with E-state index in [1.165, 1.54) is 0 Å². The number of rotatable bonds is 6. The van der Waals surface area contributed by atoms with Crippen molar-refractivity contribution >= 4 is 60.5 Å². The molecule has 0 saturated carbocycles. The summed E-state index contributed by atoms with van der Waals surface area (Å²) in [6, 6.07) is 57.9. The minimum atomic E-state index is -0.131. The number of benzene rings is 9. The van der Waals surface area contributed by atoms with E-state index in [1.807, 2.05) is 138 Å². The van der Waals surface area contributed by atoms with Gasteiger partial charge in [-0.1, -0.05) is 152 Å². The fraction of sp³-hybridized carbons (Fsp3) is 0. The lowest BCUT2D eigenvalue weighted by Gasteiger charge is -2.28. The van der Waals surface area contributed by atoms with Crippen LogP contribution in [-0.4, -0.2) is 0 Å². The maximum atomic E-state index is 9.64. The van der Waals surface area contributed by atoms with E-state index in [0.717, 1.165) is 65.7 Å². The van der Waals surface area contributed by atoms with Crippen LogP contribution in [0.15, 0.2) is 205 Å². The Labute approximate surface area is 308 Å². The molecule has 10 aromatic rings. The SMILES string of the molecule is [2H]c1c([2H])c(N(c2ccc(-c3ccccc3)cc2)c2ccccc2-c2cc3ccccc3c3oc4ccccc4c23)c([2H])c([2H])c1-c1ccc2ccccc2c1. The third-order valence-corrected chi connectivity index (χ3v) is 9.91. The molecule has 0 aliphatic heterocycles. The maximum Gasteiger partial charge on any atom is 0.143 e. The summed E-state index contributed by atoms with van der Waals surface area (Å²) in [5, 5.41) is 5.99. The van der Waals surface area contributed by atoms with Crippen molar-refractivity contribution in [2.45, 2.75) is 0 Å². The summed E-state index contributed by atoms with van der Waals surface area (Å²) in [6.45, 7) is 0. The monoisotopic (exact) mass is 667 g/mol. The Morgan fingerprint density at radius 2 is 1.04 bits per heavy atom. The van der Waals surface area contributed by atoms with Gasteiger partial charge in [-0.2, -0.15) is 0 Å². The highest BCUT2D eigenvalue weighted by Gasteiger charge is 2.22. The summed E-state index contributed by atoms with van der Waals surface area (Å²) in [5.41, 5.74) is 7.94. The first-order valence-corrected chi connectivity index (χ1v) is 17.4. The molecule has 0 bridgehead atoms. The third kappa shape index (κ3) is 5.12. The molecular weight excluding hydrogens is 631 g/mol. The quantitative estimate of drug-likeness (QED) is 0.175. The predicted molar refractivity (Wildman–Crippen MR) is 220 cm³/mol. The first kappa shape index (κ1) is 26.0. The zero-order chi connectivity index (χ0) is 37.9. The number of hydrogen-bond acceptors (Lipinski definition) is 2. The van der Waals surface area contributed by atoms with Gasteiger partial charge in [0.15, 0.2) is 0 Å². The van der Waals surface area contributed by atoms with Crippen molar-refractivity contribution in [3.8, 4) is 33.4 Å². The molecule has 0 N–H and O–H groups in total. The largest absolute Gasteiger partial charge is 0.455 e.